The number of rotatable bonds is 3. The molecule has 0 unspecified atom stereocenters. The summed E-state index contributed by atoms with van der Waals surface area (Å²) in [6, 6.07) is -0.700. The molecule has 0 aliphatic rings. The van der Waals surface area contributed by atoms with Crippen molar-refractivity contribution in [3.8, 4) is 11.6 Å². The van der Waals surface area contributed by atoms with Crippen molar-refractivity contribution in [1.82, 2.24) is 25.3 Å². The van der Waals surface area contributed by atoms with Gasteiger partial charge in [-0.15, -0.1) is 0 Å². The Morgan fingerprint density at radius 2 is 2.40 bits per heavy atom. The lowest BCUT2D eigenvalue weighted by molar-refractivity contribution is 0.146. The number of nitrogens with two attached hydrogens (primary N) is 1. The van der Waals surface area contributed by atoms with Gasteiger partial charge in [0.15, 0.2) is 5.82 Å². The fourth-order valence-corrected chi connectivity index (χ4v) is 0.986. The Balaban J connectivity index is 2.25. The number of aliphatic hydroxyl groups excluding tert-OH is 1. The molecule has 0 fully saturated rings. The minimum absolute atomic E-state index is 0.163. The molecule has 0 radical (unpaired) electrons. The van der Waals surface area contributed by atoms with Gasteiger partial charge in [-0.1, -0.05) is 5.16 Å². The Morgan fingerprint density at radius 3 is 3.00 bits per heavy atom. The van der Waals surface area contributed by atoms with E-state index in [-0.39, 0.29) is 11.7 Å². The van der Waals surface area contributed by atoms with Crippen LogP contribution in [0.4, 0.5) is 0 Å². The number of hydrogen-bond donors (Lipinski definition) is 3. The van der Waals surface area contributed by atoms with Crippen LogP contribution < -0.4 is 5.73 Å². The monoisotopic (exact) mass is 210 g/mol. The van der Waals surface area contributed by atoms with Gasteiger partial charge in [0.1, 0.15) is 12.4 Å². The molecule has 4 N–H and O–H groups in total. The highest BCUT2D eigenvalue weighted by Gasteiger charge is 2.20. The first-order chi connectivity index (χ1) is 7.18. The Labute approximate surface area is 84.5 Å². The number of H-pyrrole nitrogens is 1. The van der Waals surface area contributed by atoms with Crippen LogP contribution in [0.3, 0.4) is 0 Å². The molecule has 0 amide bonds. The van der Waals surface area contributed by atoms with Gasteiger partial charge in [-0.25, -0.2) is 4.98 Å². The van der Waals surface area contributed by atoms with Crippen molar-refractivity contribution in [2.45, 2.75) is 19.1 Å². The first kappa shape index (κ1) is 9.74. The maximum atomic E-state index is 9.23. The molecule has 8 heteroatoms. The van der Waals surface area contributed by atoms with Gasteiger partial charge in [-0.2, -0.15) is 10.1 Å². The smallest absolute Gasteiger partial charge is 0.246 e. The molecule has 2 aromatic rings. The zero-order valence-corrected chi connectivity index (χ0v) is 7.95. The van der Waals surface area contributed by atoms with E-state index in [0.29, 0.717) is 5.82 Å². The lowest BCUT2D eigenvalue weighted by Crippen LogP contribution is -2.23. The van der Waals surface area contributed by atoms with E-state index in [1.165, 1.54) is 6.33 Å². The van der Waals surface area contributed by atoms with Gasteiger partial charge in [0.2, 0.25) is 11.7 Å². The van der Waals surface area contributed by atoms with Crippen LogP contribution in [0.5, 0.6) is 0 Å². The predicted molar refractivity (Wildman–Crippen MR) is 48.3 cm³/mol. The molecule has 0 saturated heterocycles. The summed E-state index contributed by atoms with van der Waals surface area (Å²) in [7, 11) is 0. The Kier molecular flexibility index (Phi) is 2.44. The molecule has 0 bridgehead atoms. The summed E-state index contributed by atoms with van der Waals surface area (Å²) in [6.45, 7) is 1.54. The third-order valence-electron chi connectivity index (χ3n) is 1.87. The summed E-state index contributed by atoms with van der Waals surface area (Å²) in [6.07, 6.45) is 0.577. The number of hydrogen-bond acceptors (Lipinski definition) is 7. The van der Waals surface area contributed by atoms with Crippen LogP contribution in [0.1, 0.15) is 18.9 Å². The number of nitrogens with one attached hydrogen (secondary N) is 1. The van der Waals surface area contributed by atoms with Crippen LogP contribution in [0.2, 0.25) is 0 Å². The van der Waals surface area contributed by atoms with Crippen LogP contribution in [0.25, 0.3) is 11.6 Å². The van der Waals surface area contributed by atoms with E-state index >= 15 is 0 Å². The Morgan fingerprint density at radius 1 is 1.60 bits per heavy atom. The highest BCUT2D eigenvalue weighted by Crippen LogP contribution is 2.15. The van der Waals surface area contributed by atoms with Crippen LogP contribution >= 0.6 is 0 Å². The zero-order chi connectivity index (χ0) is 10.8. The van der Waals surface area contributed by atoms with Crippen molar-refractivity contribution in [3.63, 3.8) is 0 Å². The van der Waals surface area contributed by atoms with Gasteiger partial charge in [-0.3, -0.25) is 5.10 Å². The minimum atomic E-state index is -0.756. The van der Waals surface area contributed by atoms with E-state index in [0.717, 1.165) is 0 Å². The minimum Gasteiger partial charge on any atom is -0.391 e. The largest absolute Gasteiger partial charge is 0.391 e. The lowest BCUT2D eigenvalue weighted by Gasteiger charge is -2.08. The SMILES string of the molecule is C[C@@H](O)[C@H](N)c1nc(-c2ncn[nH]2)no1. The summed E-state index contributed by atoms with van der Waals surface area (Å²) in [5.74, 6) is 0.817. The predicted octanol–water partition coefficient (Wildman–Crippen LogP) is -0.765. The molecule has 0 aliphatic carbocycles. The molecule has 0 saturated carbocycles. The lowest BCUT2D eigenvalue weighted by atomic mass is 10.2. The number of aromatic nitrogens is 5. The van der Waals surface area contributed by atoms with Crippen molar-refractivity contribution >= 4 is 0 Å². The van der Waals surface area contributed by atoms with Gasteiger partial charge < -0.3 is 15.4 Å². The molecule has 8 nitrogen and oxygen atoms in total. The second kappa shape index (κ2) is 3.75. The second-order valence-corrected chi connectivity index (χ2v) is 3.06. The molecule has 15 heavy (non-hydrogen) atoms. The molecule has 2 aromatic heterocycles. The van der Waals surface area contributed by atoms with Crippen molar-refractivity contribution < 1.29 is 9.63 Å². The average Bonchev–Trinajstić information content (AvgIpc) is 2.86. The molecule has 2 heterocycles. The standard InChI is InChI=1S/C7H10N6O2/c1-3(14)4(8)7-11-6(13-15-7)5-9-2-10-12-5/h2-4,14H,8H2,1H3,(H,9,10,12)/t3-,4+/m1/s1. The van der Waals surface area contributed by atoms with Crippen molar-refractivity contribution in [2.24, 2.45) is 5.73 Å². The van der Waals surface area contributed by atoms with Crippen molar-refractivity contribution in [2.75, 3.05) is 0 Å². The van der Waals surface area contributed by atoms with Gasteiger partial charge in [0.05, 0.1) is 6.10 Å². The van der Waals surface area contributed by atoms with Crippen LogP contribution in [0.15, 0.2) is 10.9 Å². The summed E-state index contributed by atoms with van der Waals surface area (Å²) in [5.41, 5.74) is 5.61. The molecular weight excluding hydrogens is 200 g/mol. The highest BCUT2D eigenvalue weighted by molar-refractivity contribution is 5.39. The van der Waals surface area contributed by atoms with Gasteiger partial charge in [-0.05, 0) is 6.92 Å². The quantitative estimate of drug-likeness (QED) is 0.607. The number of aliphatic hydroxyl groups is 1. The van der Waals surface area contributed by atoms with Crippen molar-refractivity contribution in [1.29, 1.82) is 0 Å². The van der Waals surface area contributed by atoms with Crippen LogP contribution in [0, 0.1) is 0 Å². The van der Waals surface area contributed by atoms with Gasteiger partial charge in [0.25, 0.3) is 0 Å². The summed E-state index contributed by atoms with van der Waals surface area (Å²) in [4.78, 5) is 7.83. The normalized spacial score (nSPS) is 15.1. The number of nitrogens with zero attached hydrogens (tertiary/aromatic N) is 4. The molecule has 0 spiro atoms. The average molecular weight is 210 g/mol. The Hall–Kier alpha value is -1.80. The van der Waals surface area contributed by atoms with Crippen LogP contribution in [-0.4, -0.2) is 36.5 Å². The molecule has 80 valence electrons. The third kappa shape index (κ3) is 1.85. The summed E-state index contributed by atoms with van der Waals surface area (Å²) in [5, 5.41) is 19.1. The highest BCUT2D eigenvalue weighted by atomic mass is 16.5. The van der Waals surface area contributed by atoms with E-state index in [9.17, 15) is 5.11 Å². The molecule has 0 aromatic carbocycles. The fourth-order valence-electron chi connectivity index (χ4n) is 0.986. The molecular formula is C7H10N6O2. The molecule has 0 aliphatic heterocycles. The fraction of sp³-hybridized carbons (Fsp3) is 0.429. The molecule has 2 atom stereocenters. The maximum Gasteiger partial charge on any atom is 0.246 e. The van der Waals surface area contributed by atoms with E-state index in [1.54, 1.807) is 6.92 Å². The van der Waals surface area contributed by atoms with Crippen molar-refractivity contribution in [3.05, 3.63) is 12.2 Å². The van der Waals surface area contributed by atoms with E-state index < -0.39 is 12.1 Å². The van der Waals surface area contributed by atoms with E-state index in [2.05, 4.69) is 25.3 Å². The Bertz CT molecular complexity index is 422. The van der Waals surface area contributed by atoms with Gasteiger partial charge in [0, 0.05) is 0 Å². The topological polar surface area (TPSA) is 127 Å². The van der Waals surface area contributed by atoms with E-state index in [4.69, 9.17) is 10.3 Å². The zero-order valence-electron chi connectivity index (χ0n) is 7.95. The number of aromatic amines is 1. The first-order valence-corrected chi connectivity index (χ1v) is 4.31. The third-order valence-corrected chi connectivity index (χ3v) is 1.87. The summed E-state index contributed by atoms with van der Waals surface area (Å²) < 4.78 is 4.88. The summed E-state index contributed by atoms with van der Waals surface area (Å²) >= 11 is 0. The first-order valence-electron chi connectivity index (χ1n) is 4.31. The van der Waals surface area contributed by atoms with Gasteiger partial charge >= 0.3 is 0 Å². The maximum absolute atomic E-state index is 9.23. The van der Waals surface area contributed by atoms with E-state index in [1.807, 2.05) is 0 Å². The van der Waals surface area contributed by atoms with Crippen LogP contribution in [-0.2, 0) is 0 Å². The second-order valence-electron chi connectivity index (χ2n) is 3.06. The molecule has 2 rings (SSSR count).